The lowest BCUT2D eigenvalue weighted by atomic mass is 10.4. The van der Waals surface area contributed by atoms with Gasteiger partial charge in [0.1, 0.15) is 6.04 Å². The zero-order valence-corrected chi connectivity index (χ0v) is 10.9. The summed E-state index contributed by atoms with van der Waals surface area (Å²) in [6, 6.07) is 4.63. The Morgan fingerprint density at radius 3 is 2.75 bits per heavy atom. The third-order valence-corrected chi connectivity index (χ3v) is 3.68. The SMILES string of the molecule is COC(=O)[C@@H](N)CSc1ccc(Cl)c(Cl)c1. The highest BCUT2D eigenvalue weighted by atomic mass is 35.5. The van der Waals surface area contributed by atoms with Gasteiger partial charge in [0.15, 0.2) is 0 Å². The van der Waals surface area contributed by atoms with Crippen molar-refractivity contribution in [2.45, 2.75) is 10.9 Å². The molecule has 0 amide bonds. The second-order valence-corrected chi connectivity index (χ2v) is 4.92. The fourth-order valence-electron chi connectivity index (χ4n) is 0.972. The van der Waals surface area contributed by atoms with Gasteiger partial charge in [0, 0.05) is 10.6 Å². The average molecular weight is 280 g/mol. The number of hydrogen-bond donors (Lipinski definition) is 1. The van der Waals surface area contributed by atoms with Gasteiger partial charge in [-0.2, -0.15) is 0 Å². The molecular weight excluding hydrogens is 269 g/mol. The molecular formula is C10H11Cl2NO2S. The van der Waals surface area contributed by atoms with E-state index in [1.165, 1.54) is 18.9 Å². The van der Waals surface area contributed by atoms with Crippen LogP contribution in [0.1, 0.15) is 0 Å². The molecule has 3 nitrogen and oxygen atoms in total. The minimum absolute atomic E-state index is 0.424. The minimum Gasteiger partial charge on any atom is -0.468 e. The third-order valence-electron chi connectivity index (χ3n) is 1.82. The number of hydrogen-bond acceptors (Lipinski definition) is 4. The number of carbonyl (C=O) groups excluding carboxylic acids is 1. The summed E-state index contributed by atoms with van der Waals surface area (Å²) in [4.78, 5) is 12.0. The van der Waals surface area contributed by atoms with E-state index >= 15 is 0 Å². The fraction of sp³-hybridized carbons (Fsp3) is 0.300. The maximum absolute atomic E-state index is 11.0. The lowest BCUT2D eigenvalue weighted by molar-refractivity contribution is -0.141. The lowest BCUT2D eigenvalue weighted by Gasteiger charge is -2.08. The van der Waals surface area contributed by atoms with Crippen molar-refractivity contribution in [1.29, 1.82) is 0 Å². The highest BCUT2D eigenvalue weighted by Crippen LogP contribution is 2.28. The van der Waals surface area contributed by atoms with Crippen molar-refractivity contribution in [3.63, 3.8) is 0 Å². The van der Waals surface area contributed by atoms with Gasteiger partial charge in [-0.1, -0.05) is 23.2 Å². The summed E-state index contributed by atoms with van der Waals surface area (Å²) in [5.74, 6) is 0.0116. The lowest BCUT2D eigenvalue weighted by Crippen LogP contribution is -2.33. The molecule has 0 bridgehead atoms. The minimum atomic E-state index is -0.635. The first-order chi connectivity index (χ1) is 7.54. The van der Waals surface area contributed by atoms with E-state index in [1.807, 2.05) is 6.07 Å². The predicted molar refractivity (Wildman–Crippen MR) is 67.2 cm³/mol. The van der Waals surface area contributed by atoms with Crippen LogP contribution in [0.4, 0.5) is 0 Å². The number of carbonyl (C=O) groups is 1. The standard InChI is InChI=1S/C10H11Cl2NO2S/c1-15-10(14)9(13)5-16-6-2-3-7(11)8(12)4-6/h2-4,9H,5,13H2,1H3/t9-/m0/s1. The van der Waals surface area contributed by atoms with Crippen LogP contribution in [0, 0.1) is 0 Å². The Hall–Kier alpha value is -0.420. The number of halogens is 2. The van der Waals surface area contributed by atoms with Gasteiger partial charge >= 0.3 is 5.97 Å². The van der Waals surface area contributed by atoms with Gasteiger partial charge < -0.3 is 10.5 Å². The molecule has 0 saturated carbocycles. The van der Waals surface area contributed by atoms with Gasteiger partial charge in [0.25, 0.3) is 0 Å². The average Bonchev–Trinajstić information content (AvgIpc) is 2.29. The molecule has 88 valence electrons. The van der Waals surface area contributed by atoms with Crippen molar-refractivity contribution >= 4 is 40.9 Å². The molecule has 0 radical (unpaired) electrons. The Morgan fingerprint density at radius 2 is 2.19 bits per heavy atom. The van der Waals surface area contributed by atoms with Crippen molar-refractivity contribution in [1.82, 2.24) is 0 Å². The zero-order valence-electron chi connectivity index (χ0n) is 8.57. The van der Waals surface area contributed by atoms with Gasteiger partial charge in [-0.25, -0.2) is 0 Å². The van der Waals surface area contributed by atoms with Crippen LogP contribution < -0.4 is 5.73 Å². The largest absolute Gasteiger partial charge is 0.468 e. The molecule has 0 aromatic heterocycles. The summed E-state index contributed by atoms with van der Waals surface area (Å²) in [5.41, 5.74) is 5.59. The van der Waals surface area contributed by atoms with E-state index in [0.717, 1.165) is 4.90 Å². The van der Waals surface area contributed by atoms with Gasteiger partial charge in [0.05, 0.1) is 17.2 Å². The van der Waals surface area contributed by atoms with E-state index < -0.39 is 12.0 Å². The molecule has 1 aromatic rings. The molecule has 0 spiro atoms. The second kappa shape index (κ2) is 6.35. The quantitative estimate of drug-likeness (QED) is 0.680. The van der Waals surface area contributed by atoms with E-state index in [0.29, 0.717) is 15.8 Å². The predicted octanol–water partition coefficient (Wildman–Crippen LogP) is 2.59. The molecule has 0 aliphatic rings. The molecule has 0 unspecified atom stereocenters. The van der Waals surface area contributed by atoms with Crippen molar-refractivity contribution in [3.05, 3.63) is 28.2 Å². The molecule has 0 saturated heterocycles. The Bertz CT molecular complexity index is 387. The fourth-order valence-corrected chi connectivity index (χ4v) is 2.21. The van der Waals surface area contributed by atoms with Gasteiger partial charge in [0.2, 0.25) is 0 Å². The molecule has 0 aliphatic heterocycles. The first-order valence-electron chi connectivity index (χ1n) is 4.46. The third kappa shape index (κ3) is 3.87. The summed E-state index contributed by atoms with van der Waals surface area (Å²) in [7, 11) is 1.31. The number of rotatable bonds is 4. The zero-order chi connectivity index (χ0) is 12.1. The van der Waals surface area contributed by atoms with Gasteiger partial charge in [-0.05, 0) is 18.2 Å². The van der Waals surface area contributed by atoms with Crippen molar-refractivity contribution in [2.75, 3.05) is 12.9 Å². The van der Waals surface area contributed by atoms with Crippen LogP contribution in [0.25, 0.3) is 0 Å². The molecule has 0 aliphatic carbocycles. The molecule has 0 heterocycles. The summed E-state index contributed by atoms with van der Waals surface area (Å²) in [6.07, 6.45) is 0. The van der Waals surface area contributed by atoms with Crippen LogP contribution in [0.2, 0.25) is 10.0 Å². The smallest absolute Gasteiger partial charge is 0.323 e. The highest BCUT2D eigenvalue weighted by molar-refractivity contribution is 7.99. The summed E-state index contributed by atoms with van der Waals surface area (Å²) >= 11 is 13.1. The van der Waals surface area contributed by atoms with Crippen LogP contribution in [-0.2, 0) is 9.53 Å². The molecule has 1 atom stereocenters. The van der Waals surface area contributed by atoms with Gasteiger partial charge in [-0.15, -0.1) is 11.8 Å². The summed E-state index contributed by atoms with van der Waals surface area (Å²) in [6.45, 7) is 0. The van der Waals surface area contributed by atoms with E-state index in [-0.39, 0.29) is 0 Å². The second-order valence-electron chi connectivity index (χ2n) is 3.02. The van der Waals surface area contributed by atoms with Crippen molar-refractivity contribution in [3.8, 4) is 0 Å². The number of nitrogens with two attached hydrogens (primary N) is 1. The Kier molecular flexibility index (Phi) is 5.41. The maximum atomic E-state index is 11.0. The number of methoxy groups -OCH3 is 1. The van der Waals surface area contributed by atoms with Gasteiger partial charge in [-0.3, -0.25) is 4.79 Å². The first kappa shape index (κ1) is 13.6. The van der Waals surface area contributed by atoms with E-state index in [2.05, 4.69) is 4.74 Å². The van der Waals surface area contributed by atoms with Crippen molar-refractivity contribution in [2.24, 2.45) is 5.73 Å². The molecule has 16 heavy (non-hydrogen) atoms. The van der Waals surface area contributed by atoms with Crippen LogP contribution in [0.5, 0.6) is 0 Å². The van der Waals surface area contributed by atoms with Crippen LogP contribution in [-0.4, -0.2) is 24.9 Å². The number of esters is 1. The van der Waals surface area contributed by atoms with E-state index in [4.69, 9.17) is 28.9 Å². The first-order valence-corrected chi connectivity index (χ1v) is 6.20. The normalized spacial score (nSPS) is 12.2. The molecule has 0 fully saturated rings. The van der Waals surface area contributed by atoms with E-state index in [1.54, 1.807) is 12.1 Å². The summed E-state index contributed by atoms with van der Waals surface area (Å²) in [5, 5.41) is 0.988. The summed E-state index contributed by atoms with van der Waals surface area (Å²) < 4.78 is 4.52. The Balaban J connectivity index is 2.55. The van der Waals surface area contributed by atoms with E-state index in [9.17, 15) is 4.79 Å². The topological polar surface area (TPSA) is 52.3 Å². The molecule has 1 aromatic carbocycles. The van der Waals surface area contributed by atoms with Crippen molar-refractivity contribution < 1.29 is 9.53 Å². The highest BCUT2D eigenvalue weighted by Gasteiger charge is 2.13. The monoisotopic (exact) mass is 279 g/mol. The molecule has 1 rings (SSSR count). The number of thioether (sulfide) groups is 1. The number of benzene rings is 1. The maximum Gasteiger partial charge on any atom is 0.323 e. The molecule has 6 heteroatoms. The molecule has 2 N–H and O–H groups in total. The van der Waals surface area contributed by atoms with Crippen LogP contribution >= 0.6 is 35.0 Å². The number of ether oxygens (including phenoxy) is 1. The Labute approximate surface area is 108 Å². The van der Waals surface area contributed by atoms with Crippen LogP contribution in [0.15, 0.2) is 23.1 Å². The Morgan fingerprint density at radius 1 is 1.50 bits per heavy atom. The van der Waals surface area contributed by atoms with Crippen LogP contribution in [0.3, 0.4) is 0 Å².